The molecular formula is C11H19N3O. The zero-order chi connectivity index (χ0) is 10.8. The Bertz CT molecular complexity index is 327. The summed E-state index contributed by atoms with van der Waals surface area (Å²) in [6.45, 7) is 5.86. The van der Waals surface area contributed by atoms with E-state index < -0.39 is 0 Å². The summed E-state index contributed by atoms with van der Waals surface area (Å²) in [6, 6.07) is 0.371. The average molecular weight is 209 g/mol. The second kappa shape index (κ2) is 4.23. The van der Waals surface area contributed by atoms with Gasteiger partial charge in [0.2, 0.25) is 0 Å². The highest BCUT2D eigenvalue weighted by Crippen LogP contribution is 2.29. The van der Waals surface area contributed by atoms with Crippen LogP contribution in [0.25, 0.3) is 0 Å². The number of rotatable bonds is 2. The van der Waals surface area contributed by atoms with Gasteiger partial charge in [0.05, 0.1) is 18.6 Å². The van der Waals surface area contributed by atoms with Crippen LogP contribution in [0.2, 0.25) is 0 Å². The highest BCUT2D eigenvalue weighted by atomic mass is 16.5. The van der Waals surface area contributed by atoms with E-state index in [1.807, 2.05) is 10.9 Å². The van der Waals surface area contributed by atoms with Crippen LogP contribution >= 0.6 is 0 Å². The van der Waals surface area contributed by atoms with Crippen molar-refractivity contribution >= 4 is 5.82 Å². The molecule has 1 aliphatic heterocycles. The van der Waals surface area contributed by atoms with Gasteiger partial charge in [-0.2, -0.15) is 0 Å². The Balaban J connectivity index is 2.20. The number of nitrogens with zero attached hydrogens (tertiary/aromatic N) is 2. The van der Waals surface area contributed by atoms with E-state index in [0.717, 1.165) is 37.6 Å². The lowest BCUT2D eigenvalue weighted by molar-refractivity contribution is 0.0796. The maximum absolute atomic E-state index is 6.08. The Labute approximate surface area is 90.4 Å². The molecule has 4 heteroatoms. The van der Waals surface area contributed by atoms with Crippen LogP contribution < -0.4 is 5.73 Å². The Morgan fingerprint density at radius 1 is 1.60 bits per heavy atom. The van der Waals surface area contributed by atoms with E-state index in [9.17, 15) is 0 Å². The molecule has 0 amide bonds. The molecule has 2 heterocycles. The fourth-order valence-corrected chi connectivity index (χ4v) is 2.07. The van der Waals surface area contributed by atoms with Crippen LogP contribution in [0.5, 0.6) is 0 Å². The van der Waals surface area contributed by atoms with Gasteiger partial charge in [0, 0.05) is 18.6 Å². The molecule has 0 aliphatic carbocycles. The Hall–Kier alpha value is -1.03. The van der Waals surface area contributed by atoms with Crippen LogP contribution in [0.3, 0.4) is 0 Å². The van der Waals surface area contributed by atoms with E-state index in [-0.39, 0.29) is 0 Å². The van der Waals surface area contributed by atoms with Gasteiger partial charge in [0.1, 0.15) is 5.82 Å². The second-order valence-corrected chi connectivity index (χ2v) is 4.43. The third-order valence-corrected chi connectivity index (χ3v) is 2.97. The van der Waals surface area contributed by atoms with Gasteiger partial charge in [0.15, 0.2) is 0 Å². The molecular weight excluding hydrogens is 190 g/mol. The van der Waals surface area contributed by atoms with Gasteiger partial charge in [-0.25, -0.2) is 4.98 Å². The minimum Gasteiger partial charge on any atom is -0.384 e. The predicted molar refractivity (Wildman–Crippen MR) is 59.8 cm³/mol. The van der Waals surface area contributed by atoms with Gasteiger partial charge in [-0.3, -0.25) is 0 Å². The molecule has 1 aromatic heterocycles. The van der Waals surface area contributed by atoms with Crippen LogP contribution in [0.1, 0.15) is 44.3 Å². The summed E-state index contributed by atoms with van der Waals surface area (Å²) in [5.74, 6) is 1.19. The van der Waals surface area contributed by atoms with Crippen LogP contribution in [0, 0.1) is 0 Å². The van der Waals surface area contributed by atoms with Crippen molar-refractivity contribution in [2.24, 2.45) is 0 Å². The molecule has 15 heavy (non-hydrogen) atoms. The van der Waals surface area contributed by atoms with Crippen molar-refractivity contribution in [1.82, 2.24) is 9.55 Å². The van der Waals surface area contributed by atoms with Crippen LogP contribution in [-0.2, 0) is 4.74 Å². The molecule has 1 atom stereocenters. The number of imidazole rings is 1. The molecule has 0 saturated carbocycles. The van der Waals surface area contributed by atoms with Crippen molar-refractivity contribution in [3.05, 3.63) is 12.0 Å². The number of hydrogen-bond acceptors (Lipinski definition) is 3. The van der Waals surface area contributed by atoms with Crippen molar-refractivity contribution in [1.29, 1.82) is 0 Å². The summed E-state index contributed by atoms with van der Waals surface area (Å²) in [6.07, 6.45) is 4.09. The molecule has 0 radical (unpaired) electrons. The van der Waals surface area contributed by atoms with E-state index in [2.05, 4.69) is 18.8 Å². The standard InChI is InChI=1S/C11H19N3O/c1-8(2)14-7-13-10(11(14)12)9-4-3-5-15-6-9/h7-9H,3-6,12H2,1-2H3. The third-order valence-electron chi connectivity index (χ3n) is 2.97. The van der Waals surface area contributed by atoms with Crippen molar-refractivity contribution in [2.75, 3.05) is 18.9 Å². The minimum absolute atomic E-state index is 0.371. The number of nitrogens with two attached hydrogens (primary N) is 1. The zero-order valence-corrected chi connectivity index (χ0v) is 9.44. The van der Waals surface area contributed by atoms with E-state index in [4.69, 9.17) is 10.5 Å². The first-order valence-corrected chi connectivity index (χ1v) is 5.60. The Kier molecular flexibility index (Phi) is 2.95. The zero-order valence-electron chi connectivity index (χ0n) is 9.44. The summed E-state index contributed by atoms with van der Waals surface area (Å²) < 4.78 is 7.47. The summed E-state index contributed by atoms with van der Waals surface area (Å²) in [7, 11) is 0. The van der Waals surface area contributed by atoms with E-state index >= 15 is 0 Å². The molecule has 1 fully saturated rings. The summed E-state index contributed by atoms with van der Waals surface area (Å²) in [5, 5.41) is 0. The lowest BCUT2D eigenvalue weighted by Crippen LogP contribution is -2.17. The first-order chi connectivity index (χ1) is 7.20. The molecule has 1 aliphatic rings. The van der Waals surface area contributed by atoms with Gasteiger partial charge < -0.3 is 15.0 Å². The van der Waals surface area contributed by atoms with Crippen molar-refractivity contribution in [2.45, 2.75) is 38.6 Å². The van der Waals surface area contributed by atoms with Gasteiger partial charge >= 0.3 is 0 Å². The van der Waals surface area contributed by atoms with Gasteiger partial charge in [-0.1, -0.05) is 0 Å². The molecule has 0 spiro atoms. The van der Waals surface area contributed by atoms with Crippen molar-refractivity contribution in [3.8, 4) is 0 Å². The normalized spacial score (nSPS) is 22.2. The van der Waals surface area contributed by atoms with Crippen molar-refractivity contribution in [3.63, 3.8) is 0 Å². The predicted octanol–water partition coefficient (Wildman–Crippen LogP) is 1.94. The first-order valence-electron chi connectivity index (χ1n) is 5.60. The number of nitrogen functional groups attached to an aromatic ring is 1. The Morgan fingerprint density at radius 2 is 2.40 bits per heavy atom. The SMILES string of the molecule is CC(C)n1cnc(C2CCCOC2)c1N. The first kappa shape index (κ1) is 10.5. The van der Waals surface area contributed by atoms with Crippen LogP contribution in [0.4, 0.5) is 5.82 Å². The van der Waals surface area contributed by atoms with E-state index in [1.165, 1.54) is 0 Å². The lowest BCUT2D eigenvalue weighted by Gasteiger charge is -2.21. The fraction of sp³-hybridized carbons (Fsp3) is 0.727. The smallest absolute Gasteiger partial charge is 0.127 e. The molecule has 4 nitrogen and oxygen atoms in total. The van der Waals surface area contributed by atoms with E-state index in [0.29, 0.717) is 12.0 Å². The van der Waals surface area contributed by atoms with Crippen LogP contribution in [-0.4, -0.2) is 22.8 Å². The fourth-order valence-electron chi connectivity index (χ4n) is 2.07. The molecule has 1 saturated heterocycles. The van der Waals surface area contributed by atoms with Gasteiger partial charge in [0.25, 0.3) is 0 Å². The second-order valence-electron chi connectivity index (χ2n) is 4.43. The highest BCUT2D eigenvalue weighted by Gasteiger charge is 2.22. The number of aromatic nitrogens is 2. The topological polar surface area (TPSA) is 53.1 Å². The van der Waals surface area contributed by atoms with Gasteiger partial charge in [-0.15, -0.1) is 0 Å². The van der Waals surface area contributed by atoms with Gasteiger partial charge in [-0.05, 0) is 26.7 Å². The molecule has 0 aromatic carbocycles. The molecule has 2 N–H and O–H groups in total. The molecule has 0 bridgehead atoms. The number of anilines is 1. The molecule has 1 aromatic rings. The highest BCUT2D eigenvalue weighted by molar-refractivity contribution is 5.39. The maximum Gasteiger partial charge on any atom is 0.127 e. The minimum atomic E-state index is 0.371. The quantitative estimate of drug-likeness (QED) is 0.809. The largest absolute Gasteiger partial charge is 0.384 e. The monoisotopic (exact) mass is 209 g/mol. The summed E-state index contributed by atoms with van der Waals surface area (Å²) in [4.78, 5) is 4.42. The molecule has 1 unspecified atom stereocenters. The molecule has 2 rings (SSSR count). The lowest BCUT2D eigenvalue weighted by atomic mass is 9.98. The number of hydrogen-bond donors (Lipinski definition) is 1. The summed E-state index contributed by atoms with van der Waals surface area (Å²) in [5.41, 5.74) is 7.10. The van der Waals surface area contributed by atoms with Crippen molar-refractivity contribution < 1.29 is 4.74 Å². The third kappa shape index (κ3) is 2.00. The van der Waals surface area contributed by atoms with E-state index in [1.54, 1.807) is 0 Å². The van der Waals surface area contributed by atoms with Crippen LogP contribution in [0.15, 0.2) is 6.33 Å². The number of ether oxygens (including phenoxy) is 1. The summed E-state index contributed by atoms with van der Waals surface area (Å²) >= 11 is 0. The average Bonchev–Trinajstić information content (AvgIpc) is 2.61. The maximum atomic E-state index is 6.08. The Morgan fingerprint density at radius 3 is 2.93 bits per heavy atom. The molecule has 84 valence electrons.